The van der Waals surface area contributed by atoms with E-state index in [1.165, 1.54) is 0 Å². The highest BCUT2D eigenvalue weighted by atomic mass is 16.3. The van der Waals surface area contributed by atoms with Gasteiger partial charge in [0.05, 0.1) is 6.10 Å². The second-order valence-corrected chi connectivity index (χ2v) is 7.84. The molecule has 7 heteroatoms. The number of aliphatic hydroxyl groups is 1. The summed E-state index contributed by atoms with van der Waals surface area (Å²) in [6, 6.07) is 5.37. The number of carbonyl (C=O) groups excluding carboxylic acids is 2. The third-order valence-corrected chi connectivity index (χ3v) is 5.19. The number of likely N-dealkylation sites (tertiary alicyclic amines) is 1. The minimum Gasteiger partial charge on any atom is -0.392 e. The molecule has 1 aromatic carbocycles. The van der Waals surface area contributed by atoms with Crippen LogP contribution in [-0.2, 0) is 4.79 Å². The van der Waals surface area contributed by atoms with E-state index in [1.54, 1.807) is 17.9 Å². The van der Waals surface area contributed by atoms with E-state index in [-0.39, 0.29) is 18.0 Å². The Morgan fingerprint density at radius 3 is 2.57 bits per heavy atom. The molecule has 0 bridgehead atoms. The van der Waals surface area contributed by atoms with Gasteiger partial charge in [0.2, 0.25) is 5.91 Å². The average molecular weight is 391 g/mol. The summed E-state index contributed by atoms with van der Waals surface area (Å²) in [6.45, 7) is 8.89. The second kappa shape index (κ2) is 10.4. The number of urea groups is 1. The van der Waals surface area contributed by atoms with Crippen LogP contribution >= 0.6 is 0 Å². The standard InChI is InChI=1S/C21H34N4O3/c1-5-20(27)22-18-7-6-15(2)19(12-18)23-21(28)24(4)14-17-8-10-25(11-9-17)13-16(3)26/h6-7,12,16-17,26H,5,8-11,13-14H2,1-4H3,(H,22,27)(H,23,28). The van der Waals surface area contributed by atoms with E-state index in [0.717, 1.165) is 31.5 Å². The third-order valence-electron chi connectivity index (χ3n) is 5.19. The topological polar surface area (TPSA) is 84.9 Å². The lowest BCUT2D eigenvalue weighted by Gasteiger charge is -2.34. The van der Waals surface area contributed by atoms with Gasteiger partial charge in [-0.25, -0.2) is 4.79 Å². The second-order valence-electron chi connectivity index (χ2n) is 7.84. The van der Waals surface area contributed by atoms with E-state index in [2.05, 4.69) is 15.5 Å². The number of benzene rings is 1. The van der Waals surface area contributed by atoms with Crippen molar-refractivity contribution < 1.29 is 14.7 Å². The molecule has 1 aromatic rings. The molecule has 1 aliphatic heterocycles. The van der Waals surface area contributed by atoms with Gasteiger partial charge in [0, 0.05) is 37.9 Å². The molecule has 0 radical (unpaired) electrons. The predicted octanol–water partition coefficient (Wildman–Crippen LogP) is 2.90. The molecule has 3 amide bonds. The lowest BCUT2D eigenvalue weighted by Crippen LogP contribution is -2.42. The largest absolute Gasteiger partial charge is 0.392 e. The molecule has 1 heterocycles. The smallest absolute Gasteiger partial charge is 0.321 e. The molecule has 156 valence electrons. The van der Waals surface area contributed by atoms with Crippen LogP contribution in [-0.4, -0.2) is 66.2 Å². The van der Waals surface area contributed by atoms with Gasteiger partial charge in [-0.05, 0) is 63.4 Å². The maximum atomic E-state index is 12.6. The molecule has 2 rings (SSSR count). The van der Waals surface area contributed by atoms with Gasteiger partial charge in [-0.2, -0.15) is 0 Å². The molecule has 28 heavy (non-hydrogen) atoms. The molecular formula is C21H34N4O3. The molecule has 1 fully saturated rings. The maximum absolute atomic E-state index is 12.6. The van der Waals surface area contributed by atoms with Crippen molar-refractivity contribution in [3.05, 3.63) is 23.8 Å². The molecular weight excluding hydrogens is 356 g/mol. The van der Waals surface area contributed by atoms with Crippen molar-refractivity contribution in [2.75, 3.05) is 43.9 Å². The number of hydrogen-bond donors (Lipinski definition) is 3. The van der Waals surface area contributed by atoms with Gasteiger partial charge in [-0.1, -0.05) is 13.0 Å². The summed E-state index contributed by atoms with van der Waals surface area (Å²) >= 11 is 0. The van der Waals surface area contributed by atoms with E-state index >= 15 is 0 Å². The molecule has 0 saturated carbocycles. The van der Waals surface area contributed by atoms with Crippen LogP contribution in [0.2, 0.25) is 0 Å². The molecule has 1 saturated heterocycles. The van der Waals surface area contributed by atoms with Gasteiger partial charge in [-0.3, -0.25) is 4.79 Å². The van der Waals surface area contributed by atoms with Gasteiger partial charge in [0.1, 0.15) is 0 Å². The molecule has 1 atom stereocenters. The van der Waals surface area contributed by atoms with Gasteiger partial charge in [-0.15, -0.1) is 0 Å². The molecule has 0 aliphatic carbocycles. The highest BCUT2D eigenvalue weighted by Crippen LogP contribution is 2.22. The maximum Gasteiger partial charge on any atom is 0.321 e. The first-order valence-corrected chi connectivity index (χ1v) is 10.1. The SMILES string of the molecule is CCC(=O)Nc1ccc(C)c(NC(=O)N(C)CC2CCN(CC(C)O)CC2)c1. The number of piperidine rings is 1. The lowest BCUT2D eigenvalue weighted by atomic mass is 9.96. The minimum absolute atomic E-state index is 0.0554. The van der Waals surface area contributed by atoms with Crippen LogP contribution in [0.25, 0.3) is 0 Å². The summed E-state index contributed by atoms with van der Waals surface area (Å²) in [5.41, 5.74) is 2.33. The Morgan fingerprint density at radius 2 is 1.96 bits per heavy atom. The Labute approximate surface area is 168 Å². The Hall–Kier alpha value is -2.12. The number of hydrogen-bond acceptors (Lipinski definition) is 4. The molecule has 0 aromatic heterocycles. The van der Waals surface area contributed by atoms with E-state index < -0.39 is 0 Å². The fourth-order valence-corrected chi connectivity index (χ4v) is 3.49. The Morgan fingerprint density at radius 1 is 1.29 bits per heavy atom. The van der Waals surface area contributed by atoms with Crippen LogP contribution in [0.5, 0.6) is 0 Å². The highest BCUT2D eigenvalue weighted by Gasteiger charge is 2.22. The normalized spacial score (nSPS) is 16.5. The van der Waals surface area contributed by atoms with E-state index in [9.17, 15) is 14.7 Å². The number of aliphatic hydroxyl groups excluding tert-OH is 1. The molecule has 1 unspecified atom stereocenters. The first-order chi connectivity index (χ1) is 13.3. The zero-order chi connectivity index (χ0) is 20.7. The highest BCUT2D eigenvalue weighted by molar-refractivity contribution is 5.94. The lowest BCUT2D eigenvalue weighted by molar-refractivity contribution is -0.115. The molecule has 3 N–H and O–H groups in total. The fraction of sp³-hybridized carbons (Fsp3) is 0.619. The number of amides is 3. The van der Waals surface area contributed by atoms with E-state index in [0.29, 0.717) is 36.8 Å². The van der Waals surface area contributed by atoms with Crippen molar-refractivity contribution in [1.82, 2.24) is 9.80 Å². The first-order valence-electron chi connectivity index (χ1n) is 10.1. The zero-order valence-electron chi connectivity index (χ0n) is 17.5. The molecule has 1 aliphatic rings. The number of nitrogens with zero attached hydrogens (tertiary/aromatic N) is 2. The Bertz CT molecular complexity index is 670. The first kappa shape index (κ1) is 22.2. The number of aryl methyl sites for hydroxylation is 1. The van der Waals surface area contributed by atoms with Crippen molar-refractivity contribution in [3.8, 4) is 0 Å². The van der Waals surface area contributed by atoms with Crippen molar-refractivity contribution in [3.63, 3.8) is 0 Å². The number of β-amino-alcohol motifs (C(OH)–C–C–N with tert-alkyl or cyclic N) is 1. The van der Waals surface area contributed by atoms with Gasteiger partial charge >= 0.3 is 6.03 Å². The van der Waals surface area contributed by atoms with Crippen LogP contribution < -0.4 is 10.6 Å². The zero-order valence-corrected chi connectivity index (χ0v) is 17.5. The Kier molecular flexibility index (Phi) is 8.26. The summed E-state index contributed by atoms with van der Waals surface area (Å²) in [7, 11) is 1.82. The number of carbonyl (C=O) groups is 2. The third kappa shape index (κ3) is 6.80. The minimum atomic E-state index is -0.300. The summed E-state index contributed by atoms with van der Waals surface area (Å²) in [4.78, 5) is 28.2. The molecule has 7 nitrogen and oxygen atoms in total. The summed E-state index contributed by atoms with van der Waals surface area (Å²) in [5.74, 6) is 0.414. The van der Waals surface area contributed by atoms with Gasteiger partial charge in [0.15, 0.2) is 0 Å². The quantitative estimate of drug-likeness (QED) is 0.668. The van der Waals surface area contributed by atoms with Crippen molar-refractivity contribution in [2.24, 2.45) is 5.92 Å². The van der Waals surface area contributed by atoms with Gasteiger partial charge < -0.3 is 25.5 Å². The van der Waals surface area contributed by atoms with Crippen molar-refractivity contribution in [1.29, 1.82) is 0 Å². The fourth-order valence-electron chi connectivity index (χ4n) is 3.49. The van der Waals surface area contributed by atoms with E-state index in [1.807, 2.05) is 33.0 Å². The number of anilines is 2. The van der Waals surface area contributed by atoms with Crippen LogP contribution in [0, 0.1) is 12.8 Å². The van der Waals surface area contributed by atoms with Crippen LogP contribution in [0.1, 0.15) is 38.7 Å². The van der Waals surface area contributed by atoms with E-state index in [4.69, 9.17) is 0 Å². The monoisotopic (exact) mass is 390 g/mol. The predicted molar refractivity (Wildman–Crippen MR) is 113 cm³/mol. The molecule has 0 spiro atoms. The van der Waals surface area contributed by atoms with Crippen LogP contribution in [0.4, 0.5) is 16.2 Å². The van der Waals surface area contributed by atoms with Crippen LogP contribution in [0.3, 0.4) is 0 Å². The number of rotatable bonds is 7. The van der Waals surface area contributed by atoms with Gasteiger partial charge in [0.25, 0.3) is 0 Å². The summed E-state index contributed by atoms with van der Waals surface area (Å²) in [5, 5.41) is 15.3. The number of nitrogens with one attached hydrogen (secondary N) is 2. The summed E-state index contributed by atoms with van der Waals surface area (Å²) < 4.78 is 0. The van der Waals surface area contributed by atoms with Crippen molar-refractivity contribution >= 4 is 23.3 Å². The van der Waals surface area contributed by atoms with Crippen molar-refractivity contribution in [2.45, 2.75) is 46.1 Å². The van der Waals surface area contributed by atoms with Crippen LogP contribution in [0.15, 0.2) is 18.2 Å². The summed E-state index contributed by atoms with van der Waals surface area (Å²) in [6.07, 6.45) is 2.17. The average Bonchev–Trinajstić information content (AvgIpc) is 2.65. The Balaban J connectivity index is 1.87.